The molecule has 0 N–H and O–H groups in total. The maximum atomic E-state index is 6.42. The Balaban J connectivity index is 1.74. The molecule has 0 unspecified atom stereocenters. The van der Waals surface area contributed by atoms with Gasteiger partial charge in [-0.05, 0) is 50.3 Å². The molecule has 5 heteroatoms. The minimum Gasteiger partial charge on any atom is -0.497 e. The van der Waals surface area contributed by atoms with Gasteiger partial charge >= 0.3 is 0 Å². The number of nitrogens with zero attached hydrogens (tertiary/aromatic N) is 1. The normalized spacial score (nSPS) is 36.9. The van der Waals surface area contributed by atoms with E-state index in [-0.39, 0.29) is 11.0 Å². The lowest BCUT2D eigenvalue weighted by Gasteiger charge is -2.57. The van der Waals surface area contributed by atoms with Crippen LogP contribution in [-0.4, -0.2) is 50.0 Å². The summed E-state index contributed by atoms with van der Waals surface area (Å²) in [7, 11) is 0. The zero-order valence-electron chi connectivity index (χ0n) is 17.7. The molecule has 1 aliphatic heterocycles. The number of hydrogen-bond acceptors (Lipinski definition) is 5. The van der Waals surface area contributed by atoms with E-state index in [4.69, 9.17) is 14.2 Å². The van der Waals surface area contributed by atoms with Gasteiger partial charge in [0, 0.05) is 29.8 Å². The fourth-order valence-corrected chi connectivity index (χ4v) is 7.46. The van der Waals surface area contributed by atoms with Crippen LogP contribution in [-0.2, 0) is 14.2 Å². The first-order valence-electron chi connectivity index (χ1n) is 11.3. The molecule has 2 bridgehead atoms. The highest BCUT2D eigenvalue weighted by atomic mass is 32.1. The molecule has 2 fully saturated rings. The lowest BCUT2D eigenvalue weighted by atomic mass is 9.55. The molecule has 3 aliphatic carbocycles. The van der Waals surface area contributed by atoms with Gasteiger partial charge in [0.1, 0.15) is 11.5 Å². The zero-order chi connectivity index (χ0) is 19.9. The van der Waals surface area contributed by atoms with Gasteiger partial charge in [0.25, 0.3) is 0 Å². The smallest absolute Gasteiger partial charge is 0.108 e. The highest BCUT2D eigenvalue weighted by Crippen LogP contribution is 2.68. The summed E-state index contributed by atoms with van der Waals surface area (Å²) in [4.78, 5) is 4.15. The van der Waals surface area contributed by atoms with Gasteiger partial charge in [0.15, 0.2) is 0 Å². The van der Waals surface area contributed by atoms with Gasteiger partial charge in [0.2, 0.25) is 0 Å². The Labute approximate surface area is 178 Å². The van der Waals surface area contributed by atoms with E-state index in [1.807, 2.05) is 11.3 Å². The summed E-state index contributed by atoms with van der Waals surface area (Å²) < 4.78 is 18.6. The number of rotatable bonds is 6. The van der Waals surface area contributed by atoms with Crippen LogP contribution in [0.2, 0.25) is 0 Å². The van der Waals surface area contributed by atoms with Crippen LogP contribution >= 0.6 is 11.3 Å². The molecule has 1 saturated carbocycles. The largest absolute Gasteiger partial charge is 0.497 e. The Morgan fingerprint density at radius 2 is 1.93 bits per heavy atom. The second-order valence-corrected chi connectivity index (χ2v) is 9.63. The van der Waals surface area contributed by atoms with Crippen molar-refractivity contribution in [1.29, 1.82) is 0 Å². The molecule has 1 saturated heterocycles. The predicted octanol–water partition coefficient (Wildman–Crippen LogP) is 4.95. The molecule has 0 radical (unpaired) electrons. The van der Waals surface area contributed by atoms with Gasteiger partial charge in [-0.15, -0.1) is 11.3 Å². The summed E-state index contributed by atoms with van der Waals surface area (Å²) in [5, 5.41) is 2.21. The average molecular weight is 416 g/mol. The van der Waals surface area contributed by atoms with Gasteiger partial charge in [-0.2, -0.15) is 0 Å². The van der Waals surface area contributed by atoms with Crippen molar-refractivity contribution >= 4 is 11.3 Å². The molecule has 4 aliphatic rings. The van der Waals surface area contributed by atoms with E-state index in [1.165, 1.54) is 35.7 Å². The second kappa shape index (κ2) is 7.75. The predicted molar refractivity (Wildman–Crippen MR) is 116 cm³/mol. The number of hydrogen-bond donors (Lipinski definition) is 0. The van der Waals surface area contributed by atoms with Crippen molar-refractivity contribution in [3.63, 3.8) is 0 Å². The summed E-state index contributed by atoms with van der Waals surface area (Å²) in [6.45, 7) is 9.25. The van der Waals surface area contributed by atoms with Crippen LogP contribution in [0, 0.1) is 11.3 Å². The van der Waals surface area contributed by atoms with Crippen LogP contribution in [0.4, 0.5) is 0 Å². The first-order valence-corrected chi connectivity index (χ1v) is 12.2. The Bertz CT molecular complexity index is 782. The third kappa shape index (κ3) is 2.77. The Kier molecular flexibility index (Phi) is 5.25. The monoisotopic (exact) mass is 415 g/mol. The molecule has 5 rings (SSSR count). The molecule has 1 aromatic rings. The number of thiophene rings is 1. The van der Waals surface area contributed by atoms with E-state index in [0.29, 0.717) is 25.0 Å². The third-order valence-corrected chi connectivity index (χ3v) is 8.49. The molecule has 2 heterocycles. The van der Waals surface area contributed by atoms with Gasteiger partial charge in [0.05, 0.1) is 37.4 Å². The summed E-state index contributed by atoms with van der Waals surface area (Å²) >= 11 is 1.87. The van der Waals surface area contributed by atoms with Gasteiger partial charge < -0.3 is 14.2 Å². The van der Waals surface area contributed by atoms with E-state index in [2.05, 4.69) is 48.4 Å². The maximum absolute atomic E-state index is 6.42. The minimum atomic E-state index is -0.0870. The van der Waals surface area contributed by atoms with Crippen molar-refractivity contribution < 1.29 is 14.2 Å². The van der Waals surface area contributed by atoms with Crippen molar-refractivity contribution in [2.45, 2.75) is 51.0 Å². The van der Waals surface area contributed by atoms with Crippen LogP contribution in [0.3, 0.4) is 0 Å². The zero-order valence-corrected chi connectivity index (χ0v) is 18.5. The average Bonchev–Trinajstić information content (AvgIpc) is 3.37. The summed E-state index contributed by atoms with van der Waals surface area (Å²) in [5.74, 6) is 3.15. The minimum absolute atomic E-state index is 0.0415. The van der Waals surface area contributed by atoms with Gasteiger partial charge in [-0.3, -0.25) is 4.90 Å². The summed E-state index contributed by atoms with van der Waals surface area (Å²) in [5.41, 5.74) is -0.128. The molecule has 4 nitrogen and oxygen atoms in total. The van der Waals surface area contributed by atoms with Crippen LogP contribution in [0.25, 0.3) is 0 Å². The van der Waals surface area contributed by atoms with Crippen LogP contribution in [0.1, 0.15) is 50.3 Å². The first kappa shape index (κ1) is 19.7. The van der Waals surface area contributed by atoms with E-state index < -0.39 is 0 Å². The third-order valence-electron chi connectivity index (χ3n) is 7.53. The highest BCUT2D eigenvalue weighted by molar-refractivity contribution is 7.10. The fraction of sp³-hybridized carbons (Fsp3) is 0.667. The molecular weight excluding hydrogens is 382 g/mol. The van der Waals surface area contributed by atoms with E-state index >= 15 is 0 Å². The molecule has 158 valence electrons. The quantitative estimate of drug-likeness (QED) is 0.658. The summed E-state index contributed by atoms with van der Waals surface area (Å²) in [6, 6.07) is 4.49. The number of ether oxygens (including phenoxy) is 3. The molecular formula is C24H33NO3S. The van der Waals surface area contributed by atoms with Crippen LogP contribution < -0.4 is 0 Å². The highest BCUT2D eigenvalue weighted by Gasteiger charge is 2.68. The molecule has 0 amide bonds. The molecule has 29 heavy (non-hydrogen) atoms. The van der Waals surface area contributed by atoms with Crippen LogP contribution in [0.5, 0.6) is 0 Å². The lowest BCUT2D eigenvalue weighted by Crippen LogP contribution is -2.62. The maximum Gasteiger partial charge on any atom is 0.108 e. The van der Waals surface area contributed by atoms with Crippen molar-refractivity contribution in [1.82, 2.24) is 4.90 Å². The van der Waals surface area contributed by atoms with Gasteiger partial charge in [-0.1, -0.05) is 18.9 Å². The van der Waals surface area contributed by atoms with Crippen molar-refractivity contribution in [2.75, 3.05) is 39.5 Å². The molecule has 0 spiro atoms. The molecule has 4 atom stereocenters. The number of morpholine rings is 1. The Hall–Kier alpha value is -1.30. The van der Waals surface area contributed by atoms with E-state index in [1.54, 1.807) is 0 Å². The first-order chi connectivity index (χ1) is 14.3. The van der Waals surface area contributed by atoms with E-state index in [0.717, 1.165) is 32.7 Å². The lowest BCUT2D eigenvalue weighted by molar-refractivity contribution is -0.0741. The van der Waals surface area contributed by atoms with Crippen molar-refractivity contribution in [3.05, 3.63) is 46.1 Å². The second-order valence-electron chi connectivity index (χ2n) is 8.66. The van der Waals surface area contributed by atoms with Crippen LogP contribution in [0.15, 0.2) is 41.2 Å². The fourth-order valence-electron chi connectivity index (χ4n) is 6.59. The Morgan fingerprint density at radius 1 is 1.14 bits per heavy atom. The molecule has 0 aromatic carbocycles. The van der Waals surface area contributed by atoms with Gasteiger partial charge in [-0.25, -0.2) is 0 Å². The molecule has 1 aromatic heterocycles. The topological polar surface area (TPSA) is 30.9 Å². The van der Waals surface area contributed by atoms with Crippen molar-refractivity contribution in [3.8, 4) is 0 Å². The Morgan fingerprint density at radius 3 is 2.66 bits per heavy atom. The van der Waals surface area contributed by atoms with Crippen molar-refractivity contribution in [2.24, 2.45) is 11.3 Å². The SMILES string of the molecule is CCOC1=C[C@H](c2cccs2)[C@]2(N3CCOCC3)C=C(OCC)[C@@]13CCCC[C@@H]32. The standard InChI is InChI=1S/C24H33NO3S/c1-3-27-21-16-18(19-8-7-15-29-19)24(25-11-13-26-14-12-25)17-22(28-4-2)23(21)10-6-5-9-20(23)24/h7-8,15-18,20H,3-6,9-14H2,1-2H3/t18-,20+,23-,24-/m1/s1. The van der Waals surface area contributed by atoms with E-state index in [9.17, 15) is 0 Å². The summed E-state index contributed by atoms with van der Waals surface area (Å²) in [6.07, 6.45) is 9.91.